The summed E-state index contributed by atoms with van der Waals surface area (Å²) in [5.41, 5.74) is 0. The van der Waals surface area contributed by atoms with Gasteiger partial charge in [0.25, 0.3) is 0 Å². The van der Waals surface area contributed by atoms with Crippen LogP contribution in [-0.4, -0.2) is 48.5 Å². The smallest absolute Gasteiger partial charge is 0.157 e. The molecule has 0 saturated carbocycles. The number of nitrogens with zero attached hydrogens (tertiary/aromatic N) is 2. The lowest BCUT2D eigenvalue weighted by molar-refractivity contribution is 0.396. The summed E-state index contributed by atoms with van der Waals surface area (Å²) in [5.74, 6) is 0. The van der Waals surface area contributed by atoms with E-state index in [1.165, 1.54) is 19.3 Å². The molecule has 1 aliphatic rings. The lowest BCUT2D eigenvalue weighted by atomic mass is 10.2. The van der Waals surface area contributed by atoms with Crippen LogP contribution in [0.4, 0.5) is 0 Å². The molecule has 1 saturated heterocycles. The largest absolute Gasteiger partial charge is 0.362 e. The minimum Gasteiger partial charge on any atom is -0.362 e. The molecule has 0 aromatic heterocycles. The Labute approximate surface area is 104 Å². The van der Waals surface area contributed by atoms with E-state index in [1.54, 1.807) is 0 Å². The summed E-state index contributed by atoms with van der Waals surface area (Å²) in [5, 5.41) is 5.30. The summed E-state index contributed by atoms with van der Waals surface area (Å²) in [6, 6.07) is 0.580. The summed E-state index contributed by atoms with van der Waals surface area (Å²) in [6.07, 6.45) is 3.66. The first kappa shape index (κ1) is 13.8. The van der Waals surface area contributed by atoms with Gasteiger partial charge < -0.3 is 10.2 Å². The molecule has 0 aromatic carbocycles. The van der Waals surface area contributed by atoms with Gasteiger partial charge in [-0.3, -0.25) is 4.99 Å². The Kier molecular flexibility index (Phi) is 6.21. The lowest BCUT2D eigenvalue weighted by Crippen LogP contribution is -2.38. The highest BCUT2D eigenvalue weighted by molar-refractivity contribution is 8.14. The van der Waals surface area contributed by atoms with Crippen LogP contribution in [0.5, 0.6) is 0 Å². The maximum atomic E-state index is 4.63. The van der Waals surface area contributed by atoms with Gasteiger partial charge in [-0.1, -0.05) is 18.7 Å². The molecule has 4 heteroatoms. The van der Waals surface area contributed by atoms with Gasteiger partial charge in [-0.05, 0) is 46.8 Å². The van der Waals surface area contributed by atoms with E-state index >= 15 is 0 Å². The fourth-order valence-electron chi connectivity index (χ4n) is 1.84. The van der Waals surface area contributed by atoms with Crippen molar-refractivity contribution in [3.63, 3.8) is 0 Å². The van der Waals surface area contributed by atoms with Crippen LogP contribution >= 0.6 is 11.8 Å². The van der Waals surface area contributed by atoms with Gasteiger partial charge in [-0.15, -0.1) is 0 Å². The van der Waals surface area contributed by atoms with Crippen molar-refractivity contribution in [3.05, 3.63) is 0 Å². The van der Waals surface area contributed by atoms with Gasteiger partial charge in [0.05, 0.1) is 0 Å². The number of nitrogens with one attached hydrogen (secondary N) is 1. The zero-order chi connectivity index (χ0) is 12.0. The van der Waals surface area contributed by atoms with Crippen LogP contribution in [0.15, 0.2) is 4.99 Å². The summed E-state index contributed by atoms with van der Waals surface area (Å²) >= 11 is 1.88. The third kappa shape index (κ3) is 5.75. The van der Waals surface area contributed by atoms with Crippen molar-refractivity contribution in [1.29, 1.82) is 0 Å². The highest BCUT2D eigenvalue weighted by Gasteiger charge is 2.19. The standard InChI is InChI=1S/C12H25N3S/c1-10-9-11(2)16-12(14-10)13-7-5-6-8-15(3)4/h10-11H,5-9H2,1-4H3,(H,13,14). The van der Waals surface area contributed by atoms with E-state index in [9.17, 15) is 0 Å². The Balaban J connectivity index is 2.18. The molecule has 3 nitrogen and oxygen atoms in total. The molecule has 1 heterocycles. The fraction of sp³-hybridized carbons (Fsp3) is 0.917. The third-order valence-corrected chi connectivity index (χ3v) is 3.70. The molecule has 1 rings (SSSR count). The average molecular weight is 243 g/mol. The van der Waals surface area contributed by atoms with E-state index in [-0.39, 0.29) is 0 Å². The van der Waals surface area contributed by atoms with E-state index < -0.39 is 0 Å². The number of unbranched alkanes of at least 4 members (excludes halogenated alkanes) is 1. The summed E-state index contributed by atoms with van der Waals surface area (Å²) < 4.78 is 0. The van der Waals surface area contributed by atoms with E-state index in [4.69, 9.17) is 0 Å². The highest BCUT2D eigenvalue weighted by Crippen LogP contribution is 2.22. The lowest BCUT2D eigenvalue weighted by Gasteiger charge is -2.26. The van der Waals surface area contributed by atoms with Crippen LogP contribution < -0.4 is 5.32 Å². The molecule has 16 heavy (non-hydrogen) atoms. The van der Waals surface area contributed by atoms with Crippen molar-refractivity contribution in [2.75, 3.05) is 27.2 Å². The molecule has 1 fully saturated rings. The topological polar surface area (TPSA) is 27.6 Å². The number of amidine groups is 1. The first-order valence-corrected chi connectivity index (χ1v) is 7.08. The Morgan fingerprint density at radius 1 is 1.38 bits per heavy atom. The van der Waals surface area contributed by atoms with Crippen LogP contribution in [0, 0.1) is 0 Å². The predicted molar refractivity (Wildman–Crippen MR) is 74.4 cm³/mol. The molecule has 94 valence electrons. The predicted octanol–water partition coefficient (Wildman–Crippen LogP) is 2.19. The maximum absolute atomic E-state index is 4.63. The minimum atomic E-state index is 0.580. The second-order valence-corrected chi connectivity index (χ2v) is 6.33. The Morgan fingerprint density at radius 3 is 2.75 bits per heavy atom. The number of hydrogen-bond acceptors (Lipinski definition) is 3. The number of aliphatic imine (C=N–C) groups is 1. The van der Waals surface area contributed by atoms with Crippen LogP contribution in [0.3, 0.4) is 0 Å². The van der Waals surface area contributed by atoms with Crippen LogP contribution in [0.1, 0.15) is 33.1 Å². The Bertz CT molecular complexity index is 216. The van der Waals surface area contributed by atoms with Gasteiger partial charge in [-0.2, -0.15) is 0 Å². The monoisotopic (exact) mass is 243 g/mol. The minimum absolute atomic E-state index is 0.580. The average Bonchev–Trinajstić information content (AvgIpc) is 2.15. The molecule has 1 aliphatic heterocycles. The molecule has 0 spiro atoms. The van der Waals surface area contributed by atoms with Crippen LogP contribution in [-0.2, 0) is 0 Å². The van der Waals surface area contributed by atoms with Crippen LogP contribution in [0.2, 0.25) is 0 Å². The van der Waals surface area contributed by atoms with E-state index in [1.807, 2.05) is 11.8 Å². The first-order chi connectivity index (χ1) is 7.58. The third-order valence-electron chi connectivity index (χ3n) is 2.64. The maximum Gasteiger partial charge on any atom is 0.157 e. The molecule has 2 atom stereocenters. The number of hydrogen-bond donors (Lipinski definition) is 1. The van der Waals surface area contributed by atoms with Crippen molar-refractivity contribution in [2.45, 2.75) is 44.4 Å². The zero-order valence-electron chi connectivity index (χ0n) is 11.0. The zero-order valence-corrected chi connectivity index (χ0v) is 11.8. The first-order valence-electron chi connectivity index (χ1n) is 6.20. The second-order valence-electron chi connectivity index (χ2n) is 4.91. The van der Waals surface area contributed by atoms with Crippen molar-refractivity contribution >= 4 is 16.9 Å². The van der Waals surface area contributed by atoms with Gasteiger partial charge >= 0.3 is 0 Å². The van der Waals surface area contributed by atoms with E-state index in [2.05, 4.69) is 43.2 Å². The summed E-state index contributed by atoms with van der Waals surface area (Å²) in [7, 11) is 4.24. The molecule has 0 bridgehead atoms. The fourth-order valence-corrected chi connectivity index (χ4v) is 3.04. The molecule has 0 amide bonds. The number of thioether (sulfide) groups is 1. The Hall–Kier alpha value is -0.220. The van der Waals surface area contributed by atoms with E-state index in [0.717, 1.165) is 18.3 Å². The quantitative estimate of drug-likeness (QED) is 0.750. The molecular weight excluding hydrogens is 218 g/mol. The van der Waals surface area contributed by atoms with Crippen molar-refractivity contribution in [1.82, 2.24) is 10.2 Å². The van der Waals surface area contributed by atoms with E-state index in [0.29, 0.717) is 11.3 Å². The van der Waals surface area contributed by atoms with Gasteiger partial charge in [0.15, 0.2) is 5.17 Å². The van der Waals surface area contributed by atoms with Gasteiger partial charge in [0.1, 0.15) is 0 Å². The molecular formula is C12H25N3S. The van der Waals surface area contributed by atoms with Gasteiger partial charge in [0.2, 0.25) is 0 Å². The Morgan fingerprint density at radius 2 is 2.12 bits per heavy atom. The van der Waals surface area contributed by atoms with Gasteiger partial charge in [0, 0.05) is 17.8 Å². The summed E-state index contributed by atoms with van der Waals surface area (Å²) in [4.78, 5) is 6.86. The molecule has 1 N–H and O–H groups in total. The SMILES string of the molecule is CC1CC(C)SC(=NCCCCN(C)C)N1. The molecule has 0 aliphatic carbocycles. The van der Waals surface area contributed by atoms with Crippen molar-refractivity contribution in [3.8, 4) is 0 Å². The van der Waals surface area contributed by atoms with Gasteiger partial charge in [-0.25, -0.2) is 0 Å². The highest BCUT2D eigenvalue weighted by atomic mass is 32.2. The number of rotatable bonds is 5. The van der Waals surface area contributed by atoms with Crippen LogP contribution in [0.25, 0.3) is 0 Å². The van der Waals surface area contributed by atoms with Crippen molar-refractivity contribution in [2.24, 2.45) is 4.99 Å². The van der Waals surface area contributed by atoms with Crippen molar-refractivity contribution < 1.29 is 0 Å². The molecule has 0 radical (unpaired) electrons. The second kappa shape index (κ2) is 7.17. The molecule has 2 unspecified atom stereocenters. The molecule has 0 aromatic rings. The normalized spacial score (nSPS) is 28.4. The summed E-state index contributed by atoms with van der Waals surface area (Å²) in [6.45, 7) is 6.64.